The van der Waals surface area contributed by atoms with Crippen LogP contribution in [0.1, 0.15) is 27.3 Å². The Balaban J connectivity index is 1.93. The maximum absolute atomic E-state index is 11.8. The van der Waals surface area contributed by atoms with Gasteiger partial charge >= 0.3 is 5.97 Å². The maximum Gasteiger partial charge on any atom is 0.340 e. The summed E-state index contributed by atoms with van der Waals surface area (Å²) in [5, 5.41) is 8.79. The third-order valence-corrected chi connectivity index (χ3v) is 3.41. The van der Waals surface area contributed by atoms with Crippen LogP contribution >= 0.6 is 0 Å². The second-order valence-electron chi connectivity index (χ2n) is 4.88. The Hall–Kier alpha value is -3.39. The predicted octanol–water partition coefficient (Wildman–Crippen LogP) is 3.39. The van der Waals surface area contributed by atoms with Crippen molar-refractivity contribution >= 4 is 29.2 Å². The summed E-state index contributed by atoms with van der Waals surface area (Å²) in [5.41, 5.74) is 3.36. The van der Waals surface area contributed by atoms with Gasteiger partial charge in [0, 0.05) is 0 Å². The first-order valence-corrected chi connectivity index (χ1v) is 6.96. The molecule has 3 rings (SSSR count). The number of esters is 1. The summed E-state index contributed by atoms with van der Waals surface area (Å²) in [6, 6.07) is 14.6. The molecule has 0 unspecified atom stereocenters. The Kier molecular flexibility index (Phi) is 3.89. The number of ether oxygens (including phenoxy) is 1. The van der Waals surface area contributed by atoms with Crippen LogP contribution in [0.3, 0.4) is 0 Å². The fourth-order valence-electron chi connectivity index (χ4n) is 2.25. The normalized spacial score (nSPS) is 10.8. The van der Waals surface area contributed by atoms with Crippen molar-refractivity contribution in [3.63, 3.8) is 0 Å². The number of methoxy groups -OCH3 is 1. The number of aromatic nitrogens is 2. The van der Waals surface area contributed by atoms with E-state index in [9.17, 15) is 4.79 Å². The van der Waals surface area contributed by atoms with Crippen LogP contribution in [0.2, 0.25) is 0 Å². The molecule has 0 fully saturated rings. The number of nitriles is 1. The molecule has 5 heteroatoms. The van der Waals surface area contributed by atoms with Gasteiger partial charge in [-0.2, -0.15) is 5.26 Å². The van der Waals surface area contributed by atoms with Crippen LogP contribution in [0.15, 0.2) is 42.5 Å². The van der Waals surface area contributed by atoms with Crippen molar-refractivity contribution in [3.05, 3.63) is 65.0 Å². The molecule has 0 amide bonds. The predicted molar refractivity (Wildman–Crippen MR) is 87.5 cm³/mol. The highest BCUT2D eigenvalue weighted by atomic mass is 16.5. The molecule has 0 bridgehead atoms. The van der Waals surface area contributed by atoms with Crippen LogP contribution in [0.5, 0.6) is 0 Å². The molecule has 0 aliphatic rings. The van der Waals surface area contributed by atoms with E-state index in [1.165, 1.54) is 7.11 Å². The number of benzene rings is 2. The molecular weight excluding hydrogens is 290 g/mol. The van der Waals surface area contributed by atoms with Crippen molar-refractivity contribution in [3.8, 4) is 6.07 Å². The topological polar surface area (TPSA) is 78.8 Å². The molecular formula is C18H13N3O2. The first-order chi connectivity index (χ1) is 11.2. The van der Waals surface area contributed by atoms with Crippen molar-refractivity contribution in [1.82, 2.24) is 9.97 Å². The molecule has 0 atom stereocenters. The van der Waals surface area contributed by atoms with Crippen LogP contribution in [0.25, 0.3) is 23.2 Å². The Bertz CT molecular complexity index is 931. The quantitative estimate of drug-likeness (QED) is 0.752. The zero-order valence-electron chi connectivity index (χ0n) is 12.4. The van der Waals surface area contributed by atoms with Gasteiger partial charge in [0.25, 0.3) is 0 Å². The first kappa shape index (κ1) is 14.5. The molecule has 23 heavy (non-hydrogen) atoms. The highest BCUT2D eigenvalue weighted by Gasteiger charge is 2.12. The molecule has 1 aromatic heterocycles. The summed E-state index contributed by atoms with van der Waals surface area (Å²) >= 11 is 0. The number of carbonyl (C=O) groups excluding carboxylic acids is 1. The van der Waals surface area contributed by atoms with Crippen LogP contribution in [-0.2, 0) is 4.74 Å². The van der Waals surface area contributed by atoms with Gasteiger partial charge in [0.05, 0.1) is 29.8 Å². The first-order valence-electron chi connectivity index (χ1n) is 6.96. The zero-order chi connectivity index (χ0) is 16.2. The number of nitrogens with one attached hydrogen (secondary N) is 1. The lowest BCUT2D eigenvalue weighted by Gasteiger charge is -1.98. The molecule has 0 radical (unpaired) electrons. The summed E-state index contributed by atoms with van der Waals surface area (Å²) < 4.78 is 4.77. The molecule has 0 saturated heterocycles. The molecule has 1 heterocycles. The van der Waals surface area contributed by atoms with Gasteiger partial charge in [-0.25, -0.2) is 9.78 Å². The van der Waals surface area contributed by atoms with Crippen molar-refractivity contribution in [1.29, 1.82) is 5.26 Å². The number of imidazole rings is 1. The van der Waals surface area contributed by atoms with E-state index >= 15 is 0 Å². The van der Waals surface area contributed by atoms with E-state index in [4.69, 9.17) is 10.00 Å². The molecule has 0 spiro atoms. The van der Waals surface area contributed by atoms with Gasteiger partial charge in [-0.3, -0.25) is 0 Å². The third kappa shape index (κ3) is 2.97. The van der Waals surface area contributed by atoms with E-state index in [0.717, 1.165) is 11.1 Å². The molecule has 112 valence electrons. The molecule has 1 N–H and O–H groups in total. The highest BCUT2D eigenvalue weighted by molar-refractivity contribution is 6.02. The minimum atomic E-state index is -0.412. The van der Waals surface area contributed by atoms with Gasteiger partial charge in [-0.1, -0.05) is 24.3 Å². The largest absolute Gasteiger partial charge is 0.465 e. The molecule has 2 aromatic carbocycles. The van der Waals surface area contributed by atoms with Crippen molar-refractivity contribution in [2.45, 2.75) is 0 Å². The zero-order valence-corrected chi connectivity index (χ0v) is 12.4. The number of aromatic amines is 1. The van der Waals surface area contributed by atoms with Crippen LogP contribution in [-0.4, -0.2) is 23.0 Å². The summed E-state index contributed by atoms with van der Waals surface area (Å²) in [7, 11) is 1.35. The van der Waals surface area contributed by atoms with Crippen molar-refractivity contribution in [2.24, 2.45) is 0 Å². The lowest BCUT2D eigenvalue weighted by Crippen LogP contribution is -2.01. The molecule has 0 aliphatic heterocycles. The number of fused-ring (bicyclic) bond motifs is 1. The SMILES string of the molecule is COC(=O)c1cccc2[nH]c(C=Cc3ccc(C#N)cc3)nc12. The number of hydrogen-bond acceptors (Lipinski definition) is 4. The Labute approximate surface area is 132 Å². The Morgan fingerprint density at radius 3 is 2.70 bits per heavy atom. The number of carbonyl (C=O) groups is 1. The molecule has 5 nitrogen and oxygen atoms in total. The second kappa shape index (κ2) is 6.16. The molecule has 0 saturated carbocycles. The number of hydrogen-bond donors (Lipinski definition) is 1. The Morgan fingerprint density at radius 1 is 1.22 bits per heavy atom. The fourth-order valence-corrected chi connectivity index (χ4v) is 2.25. The lowest BCUT2D eigenvalue weighted by atomic mass is 10.1. The minimum absolute atomic E-state index is 0.412. The number of H-pyrrole nitrogens is 1. The second-order valence-corrected chi connectivity index (χ2v) is 4.88. The van der Waals surface area contributed by atoms with Crippen molar-refractivity contribution in [2.75, 3.05) is 7.11 Å². The van der Waals surface area contributed by atoms with Gasteiger partial charge in [0.1, 0.15) is 11.3 Å². The van der Waals surface area contributed by atoms with Gasteiger partial charge in [-0.15, -0.1) is 0 Å². The monoisotopic (exact) mass is 303 g/mol. The van der Waals surface area contributed by atoms with Gasteiger partial charge in [0.2, 0.25) is 0 Å². The maximum atomic E-state index is 11.8. The van der Waals surface area contributed by atoms with Gasteiger partial charge in [0.15, 0.2) is 0 Å². The third-order valence-electron chi connectivity index (χ3n) is 3.41. The smallest absolute Gasteiger partial charge is 0.340 e. The Morgan fingerprint density at radius 2 is 2.00 bits per heavy atom. The summed E-state index contributed by atoms with van der Waals surface area (Å²) in [6.45, 7) is 0. The van der Waals surface area contributed by atoms with Crippen LogP contribution in [0.4, 0.5) is 0 Å². The van der Waals surface area contributed by atoms with Gasteiger partial charge in [-0.05, 0) is 35.9 Å². The van der Waals surface area contributed by atoms with Gasteiger partial charge < -0.3 is 9.72 Å². The molecule has 3 aromatic rings. The molecule has 0 aliphatic carbocycles. The number of rotatable bonds is 3. The summed E-state index contributed by atoms with van der Waals surface area (Å²) in [4.78, 5) is 19.3. The summed E-state index contributed by atoms with van der Waals surface area (Å²) in [6.07, 6.45) is 3.71. The van der Waals surface area contributed by atoms with E-state index in [1.807, 2.05) is 30.4 Å². The van der Waals surface area contributed by atoms with E-state index in [0.29, 0.717) is 22.5 Å². The van der Waals surface area contributed by atoms with Crippen molar-refractivity contribution < 1.29 is 9.53 Å². The average Bonchev–Trinajstić information content (AvgIpc) is 3.02. The van der Waals surface area contributed by atoms with Crippen LogP contribution in [0, 0.1) is 11.3 Å². The van der Waals surface area contributed by atoms with Crippen LogP contribution < -0.4 is 0 Å². The highest BCUT2D eigenvalue weighted by Crippen LogP contribution is 2.18. The number of para-hydroxylation sites is 1. The van der Waals surface area contributed by atoms with E-state index < -0.39 is 5.97 Å². The fraction of sp³-hybridized carbons (Fsp3) is 0.0556. The summed E-state index contributed by atoms with van der Waals surface area (Å²) in [5.74, 6) is 0.227. The lowest BCUT2D eigenvalue weighted by molar-refractivity contribution is 0.0603. The van der Waals surface area contributed by atoms with E-state index in [-0.39, 0.29) is 0 Å². The number of nitrogens with zero attached hydrogens (tertiary/aromatic N) is 2. The average molecular weight is 303 g/mol. The standard InChI is InChI=1S/C18H13N3O2/c1-23-18(22)14-3-2-4-15-17(14)21-16(20-15)10-9-12-5-7-13(11-19)8-6-12/h2-10H,1H3,(H,20,21). The minimum Gasteiger partial charge on any atom is -0.465 e. The van der Waals surface area contributed by atoms with E-state index in [1.54, 1.807) is 24.3 Å². The van der Waals surface area contributed by atoms with E-state index in [2.05, 4.69) is 16.0 Å².